The second kappa shape index (κ2) is 5.63. The van der Waals surface area contributed by atoms with Gasteiger partial charge in [-0.1, -0.05) is 0 Å². The molecule has 0 aliphatic carbocycles. The molecule has 104 valence electrons. The molecule has 6 heteroatoms. The number of halogens is 1. The van der Waals surface area contributed by atoms with Gasteiger partial charge in [0.25, 0.3) is 0 Å². The summed E-state index contributed by atoms with van der Waals surface area (Å²) in [5, 5.41) is 3.07. The van der Waals surface area contributed by atoms with Gasteiger partial charge in [-0.15, -0.1) is 0 Å². The van der Waals surface area contributed by atoms with E-state index in [9.17, 15) is 9.18 Å². The Balaban J connectivity index is 2.14. The van der Waals surface area contributed by atoms with Crippen molar-refractivity contribution in [3.8, 4) is 0 Å². The lowest BCUT2D eigenvalue weighted by Gasteiger charge is -2.29. The Hall–Kier alpha value is -1.53. The van der Waals surface area contributed by atoms with Gasteiger partial charge in [0.2, 0.25) is 5.91 Å². The zero-order valence-electron chi connectivity index (χ0n) is 10.9. The Morgan fingerprint density at radius 2 is 2.47 bits per heavy atom. The highest BCUT2D eigenvalue weighted by Crippen LogP contribution is 2.21. The van der Waals surface area contributed by atoms with Crippen molar-refractivity contribution in [3.05, 3.63) is 29.8 Å². The normalized spacial score (nSPS) is 22.1. The summed E-state index contributed by atoms with van der Waals surface area (Å²) in [6, 6.07) is 1.26. The average Bonchev–Trinajstić information content (AvgIpc) is 2.88. The molecule has 5 nitrogen and oxygen atoms in total. The molecule has 2 heterocycles. The first-order chi connectivity index (χ1) is 9.02. The summed E-state index contributed by atoms with van der Waals surface area (Å²) in [6.07, 6.45) is 4.56. The predicted octanol–water partition coefficient (Wildman–Crippen LogP) is 0.690. The van der Waals surface area contributed by atoms with Gasteiger partial charge in [-0.2, -0.15) is 0 Å². The number of nitrogens with zero attached hydrogens (tertiary/aromatic N) is 1. The molecule has 1 aliphatic heterocycles. The van der Waals surface area contributed by atoms with Gasteiger partial charge in [0.15, 0.2) is 0 Å². The smallest absolute Gasteiger partial charge is 0.242 e. The van der Waals surface area contributed by atoms with Gasteiger partial charge in [-0.3, -0.25) is 15.1 Å². The highest BCUT2D eigenvalue weighted by Gasteiger charge is 2.34. The van der Waals surface area contributed by atoms with Crippen LogP contribution in [-0.2, 0) is 15.1 Å². The van der Waals surface area contributed by atoms with E-state index in [1.165, 1.54) is 12.3 Å². The van der Waals surface area contributed by atoms with Gasteiger partial charge >= 0.3 is 0 Å². The molecule has 0 radical (unpaired) electrons. The molecule has 0 bridgehead atoms. The van der Waals surface area contributed by atoms with E-state index in [-0.39, 0.29) is 6.10 Å². The Kier molecular flexibility index (Phi) is 4.11. The SMILES string of the molecule is CC(NCC1CCCO1)(C(N)=O)c1cncc(F)c1. The van der Waals surface area contributed by atoms with Gasteiger partial charge < -0.3 is 10.5 Å². The van der Waals surface area contributed by atoms with E-state index in [1.54, 1.807) is 6.92 Å². The summed E-state index contributed by atoms with van der Waals surface area (Å²) in [7, 11) is 0. The molecule has 1 aromatic rings. The van der Waals surface area contributed by atoms with Crippen LogP contribution in [0.3, 0.4) is 0 Å². The number of ether oxygens (including phenoxy) is 1. The van der Waals surface area contributed by atoms with Crippen LogP contribution in [0.1, 0.15) is 25.3 Å². The first kappa shape index (κ1) is 13.9. The summed E-state index contributed by atoms with van der Waals surface area (Å²) in [5.41, 5.74) is 4.71. The van der Waals surface area contributed by atoms with E-state index in [0.717, 1.165) is 25.6 Å². The van der Waals surface area contributed by atoms with Gasteiger partial charge in [-0.25, -0.2) is 4.39 Å². The van der Waals surface area contributed by atoms with Crippen LogP contribution in [0.4, 0.5) is 4.39 Å². The number of pyridine rings is 1. The molecule has 0 saturated carbocycles. The summed E-state index contributed by atoms with van der Waals surface area (Å²) in [4.78, 5) is 15.5. The fourth-order valence-corrected chi connectivity index (χ4v) is 2.14. The van der Waals surface area contributed by atoms with Crippen LogP contribution in [0.15, 0.2) is 18.5 Å². The quantitative estimate of drug-likeness (QED) is 0.823. The zero-order valence-corrected chi connectivity index (χ0v) is 10.9. The standard InChI is InChI=1S/C13H18FN3O2/c1-13(12(15)18,9-5-10(14)7-16-6-9)17-8-11-3-2-4-19-11/h5-7,11,17H,2-4,8H2,1H3,(H2,15,18). The Bertz CT molecular complexity index is 463. The largest absolute Gasteiger partial charge is 0.377 e. The van der Waals surface area contributed by atoms with Crippen molar-refractivity contribution in [2.75, 3.05) is 13.2 Å². The van der Waals surface area contributed by atoms with Crippen molar-refractivity contribution in [3.63, 3.8) is 0 Å². The van der Waals surface area contributed by atoms with Crippen LogP contribution in [-0.4, -0.2) is 30.1 Å². The molecule has 2 rings (SSSR count). The second-order valence-corrected chi connectivity index (χ2v) is 4.90. The maximum atomic E-state index is 13.2. The summed E-state index contributed by atoms with van der Waals surface area (Å²) < 4.78 is 18.7. The minimum absolute atomic E-state index is 0.0696. The lowest BCUT2D eigenvalue weighted by atomic mass is 9.92. The molecule has 1 aliphatic rings. The zero-order chi connectivity index (χ0) is 13.9. The third-order valence-corrected chi connectivity index (χ3v) is 3.48. The Morgan fingerprint density at radius 3 is 3.05 bits per heavy atom. The molecule has 3 N–H and O–H groups in total. The minimum atomic E-state index is -1.15. The van der Waals surface area contributed by atoms with Crippen molar-refractivity contribution >= 4 is 5.91 Å². The summed E-state index contributed by atoms with van der Waals surface area (Å²) in [5.74, 6) is -1.07. The maximum Gasteiger partial charge on any atom is 0.242 e. The van der Waals surface area contributed by atoms with Crippen LogP contribution < -0.4 is 11.1 Å². The molecule has 0 spiro atoms. The number of hydrogen-bond donors (Lipinski definition) is 2. The first-order valence-corrected chi connectivity index (χ1v) is 6.30. The third-order valence-electron chi connectivity index (χ3n) is 3.48. The molecular formula is C13H18FN3O2. The number of carbonyl (C=O) groups excluding carboxylic acids is 1. The molecule has 1 saturated heterocycles. The second-order valence-electron chi connectivity index (χ2n) is 4.90. The summed E-state index contributed by atoms with van der Waals surface area (Å²) in [6.45, 7) is 2.86. The van der Waals surface area contributed by atoms with Gasteiger partial charge in [0, 0.05) is 24.9 Å². The van der Waals surface area contributed by atoms with Crippen molar-refractivity contribution in [1.29, 1.82) is 0 Å². The number of rotatable bonds is 5. The molecule has 1 amide bonds. The number of nitrogens with one attached hydrogen (secondary N) is 1. The summed E-state index contributed by atoms with van der Waals surface area (Å²) >= 11 is 0. The molecule has 19 heavy (non-hydrogen) atoms. The van der Waals surface area contributed by atoms with Crippen LogP contribution in [0, 0.1) is 5.82 Å². The predicted molar refractivity (Wildman–Crippen MR) is 67.7 cm³/mol. The van der Waals surface area contributed by atoms with Crippen LogP contribution >= 0.6 is 0 Å². The fraction of sp³-hybridized carbons (Fsp3) is 0.538. The minimum Gasteiger partial charge on any atom is -0.377 e. The highest BCUT2D eigenvalue weighted by atomic mass is 19.1. The van der Waals surface area contributed by atoms with E-state index in [1.807, 2.05) is 0 Å². The monoisotopic (exact) mass is 267 g/mol. The van der Waals surface area contributed by atoms with Gasteiger partial charge in [0.05, 0.1) is 12.3 Å². The first-order valence-electron chi connectivity index (χ1n) is 6.30. The van der Waals surface area contributed by atoms with E-state index in [0.29, 0.717) is 12.1 Å². The van der Waals surface area contributed by atoms with Crippen molar-refractivity contribution in [2.24, 2.45) is 5.73 Å². The van der Waals surface area contributed by atoms with Crippen LogP contribution in [0.2, 0.25) is 0 Å². The number of primary amides is 1. The lowest BCUT2D eigenvalue weighted by Crippen LogP contribution is -2.52. The Morgan fingerprint density at radius 1 is 1.68 bits per heavy atom. The van der Waals surface area contributed by atoms with Crippen molar-refractivity contribution in [2.45, 2.75) is 31.4 Å². The molecule has 0 aromatic carbocycles. The van der Waals surface area contributed by atoms with E-state index in [2.05, 4.69) is 10.3 Å². The van der Waals surface area contributed by atoms with Gasteiger partial charge in [-0.05, 0) is 25.8 Å². The van der Waals surface area contributed by atoms with E-state index >= 15 is 0 Å². The number of nitrogens with two attached hydrogens (primary N) is 1. The number of amides is 1. The van der Waals surface area contributed by atoms with Crippen molar-refractivity contribution < 1.29 is 13.9 Å². The Labute approximate surface area is 111 Å². The van der Waals surface area contributed by atoms with Crippen molar-refractivity contribution in [1.82, 2.24) is 10.3 Å². The van der Waals surface area contributed by atoms with E-state index < -0.39 is 17.3 Å². The van der Waals surface area contributed by atoms with E-state index in [4.69, 9.17) is 10.5 Å². The third kappa shape index (κ3) is 3.08. The fourth-order valence-electron chi connectivity index (χ4n) is 2.14. The van der Waals surface area contributed by atoms with Crippen LogP contribution in [0.25, 0.3) is 0 Å². The molecule has 1 fully saturated rings. The topological polar surface area (TPSA) is 77.2 Å². The number of carbonyl (C=O) groups is 1. The molecule has 2 atom stereocenters. The van der Waals surface area contributed by atoms with Crippen LogP contribution in [0.5, 0.6) is 0 Å². The number of hydrogen-bond acceptors (Lipinski definition) is 4. The average molecular weight is 267 g/mol. The highest BCUT2D eigenvalue weighted by molar-refractivity contribution is 5.85. The lowest BCUT2D eigenvalue weighted by molar-refractivity contribution is -0.124. The molecular weight excluding hydrogens is 249 g/mol. The molecule has 1 aromatic heterocycles. The van der Waals surface area contributed by atoms with Gasteiger partial charge in [0.1, 0.15) is 11.4 Å². The molecule has 2 unspecified atom stereocenters. The number of aromatic nitrogens is 1. The maximum absolute atomic E-state index is 13.2.